The number of rotatable bonds is 8. The normalized spacial score (nSPS) is 15.4. The monoisotopic (exact) mass is 549 g/mol. The second-order valence-electron chi connectivity index (χ2n) is 10.0. The molecule has 0 saturated carbocycles. The highest BCUT2D eigenvalue weighted by Crippen LogP contribution is 2.37. The molecule has 1 aliphatic rings. The van der Waals surface area contributed by atoms with Crippen molar-refractivity contribution in [2.24, 2.45) is 5.92 Å². The van der Waals surface area contributed by atoms with Crippen molar-refractivity contribution in [2.75, 3.05) is 39.1 Å². The van der Waals surface area contributed by atoms with Crippen LogP contribution >= 0.6 is 11.6 Å². The van der Waals surface area contributed by atoms with E-state index in [1.54, 1.807) is 31.3 Å². The average Bonchev–Trinajstić information content (AvgIpc) is 2.92. The van der Waals surface area contributed by atoms with Gasteiger partial charge in [0.1, 0.15) is 11.8 Å². The fraction of sp³-hybridized carbons (Fsp3) is 0.367. The third kappa shape index (κ3) is 6.43. The van der Waals surface area contributed by atoms with Crippen LogP contribution in [0.4, 0.5) is 15.8 Å². The van der Waals surface area contributed by atoms with E-state index in [9.17, 15) is 14.4 Å². The number of nitriles is 1. The Balaban J connectivity index is 1.71. The van der Waals surface area contributed by atoms with Crippen LogP contribution < -0.4 is 10.1 Å². The minimum absolute atomic E-state index is 0.00470. The van der Waals surface area contributed by atoms with Crippen LogP contribution in [0.3, 0.4) is 0 Å². The van der Waals surface area contributed by atoms with E-state index in [2.05, 4.69) is 16.4 Å². The molecule has 4 rings (SSSR count). The second-order valence-corrected chi connectivity index (χ2v) is 10.4. The molecule has 2 heterocycles. The fourth-order valence-electron chi connectivity index (χ4n) is 4.87. The molecule has 204 valence electrons. The van der Waals surface area contributed by atoms with E-state index in [4.69, 9.17) is 16.3 Å². The lowest BCUT2D eigenvalue weighted by Gasteiger charge is -2.32. The Bertz CT molecular complexity index is 1450. The van der Waals surface area contributed by atoms with Crippen LogP contribution in [0.1, 0.15) is 36.5 Å². The number of hydrogen-bond donors (Lipinski definition) is 1. The number of carbonyl (C=O) groups excluding carboxylic acids is 1. The van der Waals surface area contributed by atoms with Crippen molar-refractivity contribution in [1.82, 2.24) is 14.8 Å². The largest absolute Gasteiger partial charge is 0.494 e. The predicted molar refractivity (Wildman–Crippen MR) is 153 cm³/mol. The lowest BCUT2D eigenvalue weighted by molar-refractivity contribution is -0.127. The number of ether oxygens (including phenoxy) is 1. The summed E-state index contributed by atoms with van der Waals surface area (Å²) >= 11 is 6.16. The summed E-state index contributed by atoms with van der Waals surface area (Å²) in [4.78, 5) is 20.9. The summed E-state index contributed by atoms with van der Waals surface area (Å²) in [6, 6.07) is 9.34. The molecule has 1 aliphatic heterocycles. The van der Waals surface area contributed by atoms with Gasteiger partial charge in [-0.25, -0.2) is 4.39 Å². The number of aromatic nitrogens is 1. The number of piperidine rings is 1. The van der Waals surface area contributed by atoms with Gasteiger partial charge in [-0.15, -0.1) is 0 Å². The molecule has 1 saturated heterocycles. The Hall–Kier alpha value is -3.83. The summed E-state index contributed by atoms with van der Waals surface area (Å²) in [5.74, 6) is 0.384. The molecule has 1 aromatic heterocycles. The van der Waals surface area contributed by atoms with Crippen LogP contribution in [0.5, 0.6) is 5.75 Å². The first-order valence-corrected chi connectivity index (χ1v) is 13.4. The first-order chi connectivity index (χ1) is 18.7. The Kier molecular flexibility index (Phi) is 8.93. The Morgan fingerprint density at radius 3 is 2.90 bits per heavy atom. The van der Waals surface area contributed by atoms with Crippen LogP contribution in [0.15, 0.2) is 42.7 Å². The number of amides is 1. The molecule has 0 spiro atoms. The smallest absolute Gasteiger partial charge is 0.248 e. The standard InChI is InChI=1S/C30H33ClFN5O2/c1-5-39-26-15-25-23(14-21(26)13-20-7-6-11-37(18-20)27(38)10-12-36(3)4)30(22(16-33)17-34-25)35-24-9-8-19(2)28(31)29(24)32/h8-10,12,14-15,17,20H,5-7,11,13,18H2,1-4H3,(H,34,35)/b12-10+. The molecule has 1 amide bonds. The summed E-state index contributed by atoms with van der Waals surface area (Å²) in [6.45, 7) is 5.52. The lowest BCUT2D eigenvalue weighted by atomic mass is 9.90. The van der Waals surface area contributed by atoms with Gasteiger partial charge in [-0.05, 0) is 62.3 Å². The highest BCUT2D eigenvalue weighted by Gasteiger charge is 2.25. The van der Waals surface area contributed by atoms with Crippen molar-refractivity contribution < 1.29 is 13.9 Å². The number of anilines is 2. The van der Waals surface area contributed by atoms with Crippen LogP contribution in [0.2, 0.25) is 5.02 Å². The Morgan fingerprint density at radius 2 is 2.18 bits per heavy atom. The molecule has 0 radical (unpaired) electrons. The van der Waals surface area contributed by atoms with Crippen LogP contribution in [0, 0.1) is 30.0 Å². The number of benzene rings is 2. The number of likely N-dealkylation sites (tertiary alicyclic amines) is 1. The SMILES string of the molecule is CCOc1cc2ncc(C#N)c(Nc3ccc(C)c(Cl)c3F)c2cc1CC1CCCN(C(=O)/C=C/N(C)C)C1. The first-order valence-electron chi connectivity index (χ1n) is 13.1. The number of carbonyl (C=O) groups is 1. The van der Waals surface area contributed by atoms with Gasteiger partial charge in [0.05, 0.1) is 34.1 Å². The fourth-order valence-corrected chi connectivity index (χ4v) is 5.04. The molecule has 1 fully saturated rings. The molecule has 0 bridgehead atoms. The summed E-state index contributed by atoms with van der Waals surface area (Å²) in [5.41, 5.74) is 3.13. The van der Waals surface area contributed by atoms with Gasteiger partial charge in [0, 0.05) is 57.1 Å². The van der Waals surface area contributed by atoms with Crippen molar-refractivity contribution in [1.29, 1.82) is 5.26 Å². The summed E-state index contributed by atoms with van der Waals surface area (Å²) in [6.07, 6.45) is 7.44. The number of nitrogens with one attached hydrogen (secondary N) is 1. The quantitative estimate of drug-likeness (QED) is 0.337. The molecule has 0 aliphatic carbocycles. The van der Waals surface area contributed by atoms with Gasteiger partial charge in [0.15, 0.2) is 5.82 Å². The van der Waals surface area contributed by atoms with E-state index in [1.807, 2.05) is 43.0 Å². The van der Waals surface area contributed by atoms with Crippen LogP contribution in [-0.4, -0.2) is 54.5 Å². The summed E-state index contributed by atoms with van der Waals surface area (Å²) in [7, 11) is 3.77. The van der Waals surface area contributed by atoms with Crippen molar-refractivity contribution >= 4 is 39.8 Å². The summed E-state index contributed by atoms with van der Waals surface area (Å²) in [5, 5.41) is 13.7. The zero-order valence-corrected chi connectivity index (χ0v) is 23.5. The lowest BCUT2D eigenvalue weighted by Crippen LogP contribution is -2.39. The van der Waals surface area contributed by atoms with Crippen molar-refractivity contribution in [3.8, 4) is 11.8 Å². The van der Waals surface area contributed by atoms with Crippen molar-refractivity contribution in [2.45, 2.75) is 33.1 Å². The van der Waals surface area contributed by atoms with E-state index in [-0.39, 0.29) is 28.1 Å². The van der Waals surface area contributed by atoms with Gasteiger partial charge in [-0.1, -0.05) is 17.7 Å². The molecular weight excluding hydrogens is 517 g/mol. The maximum absolute atomic E-state index is 15.0. The second kappa shape index (κ2) is 12.4. The molecule has 39 heavy (non-hydrogen) atoms. The zero-order valence-electron chi connectivity index (χ0n) is 22.7. The molecule has 3 aromatic rings. The van der Waals surface area contributed by atoms with Gasteiger partial charge in [-0.3, -0.25) is 9.78 Å². The van der Waals surface area contributed by atoms with Crippen LogP contribution in [0.25, 0.3) is 10.9 Å². The van der Waals surface area contributed by atoms with Gasteiger partial charge in [0.2, 0.25) is 5.91 Å². The maximum atomic E-state index is 15.0. The van der Waals surface area contributed by atoms with Crippen molar-refractivity contribution in [3.05, 3.63) is 70.3 Å². The van der Waals surface area contributed by atoms with Crippen LogP contribution in [-0.2, 0) is 11.2 Å². The molecule has 1 atom stereocenters. The van der Waals surface area contributed by atoms with E-state index >= 15 is 0 Å². The summed E-state index contributed by atoms with van der Waals surface area (Å²) < 4.78 is 21.0. The van der Waals surface area contributed by atoms with Gasteiger partial charge in [0.25, 0.3) is 0 Å². The number of aryl methyl sites for hydroxylation is 1. The van der Waals surface area contributed by atoms with Gasteiger partial charge < -0.3 is 19.9 Å². The predicted octanol–water partition coefficient (Wildman–Crippen LogP) is 6.21. The number of pyridine rings is 1. The highest BCUT2D eigenvalue weighted by atomic mass is 35.5. The number of halogens is 2. The topological polar surface area (TPSA) is 81.5 Å². The Morgan fingerprint density at radius 1 is 1.38 bits per heavy atom. The van der Waals surface area contributed by atoms with E-state index < -0.39 is 5.82 Å². The maximum Gasteiger partial charge on any atom is 0.248 e. The minimum Gasteiger partial charge on any atom is -0.494 e. The third-order valence-corrected chi connectivity index (χ3v) is 7.32. The molecule has 9 heteroatoms. The van der Waals surface area contributed by atoms with E-state index in [1.165, 1.54) is 6.20 Å². The third-order valence-electron chi connectivity index (χ3n) is 6.86. The number of nitrogens with zero attached hydrogens (tertiary/aromatic N) is 4. The molecular formula is C30H33ClFN5O2. The molecule has 1 N–H and O–H groups in total. The number of fused-ring (bicyclic) bond motifs is 1. The van der Waals surface area contributed by atoms with E-state index in [0.29, 0.717) is 47.5 Å². The Labute approximate surface area is 233 Å². The molecule has 1 unspecified atom stereocenters. The van der Waals surface area contributed by atoms with Gasteiger partial charge >= 0.3 is 0 Å². The van der Waals surface area contributed by atoms with Crippen molar-refractivity contribution in [3.63, 3.8) is 0 Å². The molecule has 7 nitrogen and oxygen atoms in total. The first kappa shape index (κ1) is 28.2. The van der Waals surface area contributed by atoms with E-state index in [0.717, 1.165) is 24.9 Å². The number of hydrogen-bond acceptors (Lipinski definition) is 6. The highest BCUT2D eigenvalue weighted by molar-refractivity contribution is 6.31. The minimum atomic E-state index is -0.577. The average molecular weight is 550 g/mol. The molecule has 2 aromatic carbocycles. The zero-order chi connectivity index (χ0) is 28.1. The van der Waals surface area contributed by atoms with Gasteiger partial charge in [-0.2, -0.15) is 5.26 Å².